The second kappa shape index (κ2) is 7.42. The third-order valence-electron chi connectivity index (χ3n) is 4.46. The summed E-state index contributed by atoms with van der Waals surface area (Å²) in [4.78, 5) is 4.14. The molecular formula is C16H23N5O2S. The minimum Gasteiger partial charge on any atom is -0.310 e. The van der Waals surface area contributed by atoms with Crippen molar-refractivity contribution < 1.29 is 8.42 Å². The molecule has 0 aliphatic carbocycles. The summed E-state index contributed by atoms with van der Waals surface area (Å²) in [6, 6.07) is 4.22. The molecule has 1 saturated heterocycles. The lowest BCUT2D eigenvalue weighted by atomic mass is 10.1. The van der Waals surface area contributed by atoms with E-state index in [1.54, 1.807) is 17.4 Å². The van der Waals surface area contributed by atoms with Gasteiger partial charge in [0, 0.05) is 49.2 Å². The van der Waals surface area contributed by atoms with Crippen molar-refractivity contribution >= 4 is 10.0 Å². The van der Waals surface area contributed by atoms with Crippen molar-refractivity contribution in [2.45, 2.75) is 32.4 Å². The van der Waals surface area contributed by atoms with E-state index in [2.05, 4.69) is 20.5 Å². The monoisotopic (exact) mass is 349 g/mol. The molecule has 0 saturated carbocycles. The zero-order valence-corrected chi connectivity index (χ0v) is 14.6. The predicted molar refractivity (Wildman–Crippen MR) is 92.7 cm³/mol. The van der Waals surface area contributed by atoms with Crippen LogP contribution in [0, 0.1) is 0 Å². The van der Waals surface area contributed by atoms with Crippen LogP contribution in [0.1, 0.15) is 25.3 Å². The summed E-state index contributed by atoms with van der Waals surface area (Å²) in [7, 11) is -3.06. The van der Waals surface area contributed by atoms with Crippen LogP contribution in [-0.4, -0.2) is 52.8 Å². The molecule has 2 aromatic rings. The van der Waals surface area contributed by atoms with Gasteiger partial charge in [-0.05, 0) is 31.9 Å². The Balaban J connectivity index is 1.56. The van der Waals surface area contributed by atoms with Crippen molar-refractivity contribution in [3.63, 3.8) is 0 Å². The van der Waals surface area contributed by atoms with Gasteiger partial charge in [-0.2, -0.15) is 5.10 Å². The highest BCUT2D eigenvalue weighted by molar-refractivity contribution is 7.89. The molecule has 3 heterocycles. The molecule has 0 aromatic carbocycles. The van der Waals surface area contributed by atoms with Crippen LogP contribution in [0.4, 0.5) is 0 Å². The number of hydrogen-bond acceptors (Lipinski definition) is 5. The van der Waals surface area contributed by atoms with Gasteiger partial charge in [0.25, 0.3) is 0 Å². The normalized spacial score (nSPS) is 17.2. The molecule has 0 atom stereocenters. The Morgan fingerprint density at radius 2 is 2.12 bits per heavy atom. The number of aromatic nitrogens is 3. The molecular weight excluding hydrogens is 326 g/mol. The first kappa shape index (κ1) is 17.1. The molecule has 7 nitrogen and oxygen atoms in total. The van der Waals surface area contributed by atoms with Crippen molar-refractivity contribution in [3.8, 4) is 11.3 Å². The topological polar surface area (TPSA) is 91.0 Å². The Morgan fingerprint density at radius 1 is 1.33 bits per heavy atom. The number of aromatic amines is 1. The van der Waals surface area contributed by atoms with E-state index in [9.17, 15) is 8.42 Å². The van der Waals surface area contributed by atoms with E-state index < -0.39 is 10.0 Å². The molecule has 3 rings (SSSR count). The van der Waals surface area contributed by atoms with Gasteiger partial charge in [0.2, 0.25) is 10.0 Å². The van der Waals surface area contributed by atoms with Gasteiger partial charge in [-0.25, -0.2) is 12.7 Å². The molecule has 130 valence electrons. The zero-order chi connectivity index (χ0) is 17.0. The Bertz CT molecular complexity index is 752. The van der Waals surface area contributed by atoms with Crippen molar-refractivity contribution in [2.75, 3.05) is 18.8 Å². The van der Waals surface area contributed by atoms with Crippen LogP contribution < -0.4 is 5.32 Å². The zero-order valence-electron chi connectivity index (χ0n) is 13.8. The summed E-state index contributed by atoms with van der Waals surface area (Å²) in [6.07, 6.45) is 7.05. The first-order chi connectivity index (χ1) is 11.6. The van der Waals surface area contributed by atoms with E-state index in [1.807, 2.05) is 24.5 Å². The molecule has 1 aliphatic rings. The molecule has 2 aromatic heterocycles. The van der Waals surface area contributed by atoms with Crippen LogP contribution in [-0.2, 0) is 16.6 Å². The number of pyridine rings is 1. The predicted octanol–water partition coefficient (Wildman–Crippen LogP) is 1.38. The largest absolute Gasteiger partial charge is 0.310 e. The molecule has 0 amide bonds. The van der Waals surface area contributed by atoms with Gasteiger partial charge in [-0.1, -0.05) is 0 Å². The van der Waals surface area contributed by atoms with Crippen molar-refractivity contribution in [2.24, 2.45) is 0 Å². The van der Waals surface area contributed by atoms with Gasteiger partial charge in [-0.3, -0.25) is 10.1 Å². The van der Waals surface area contributed by atoms with Gasteiger partial charge < -0.3 is 5.32 Å². The third kappa shape index (κ3) is 3.82. The van der Waals surface area contributed by atoms with Crippen LogP contribution in [0.3, 0.4) is 0 Å². The van der Waals surface area contributed by atoms with Crippen LogP contribution in [0.15, 0.2) is 30.7 Å². The first-order valence-corrected chi connectivity index (χ1v) is 9.85. The van der Waals surface area contributed by atoms with E-state index in [1.165, 1.54) is 0 Å². The molecule has 0 radical (unpaired) electrons. The fourth-order valence-corrected chi connectivity index (χ4v) is 4.11. The number of sulfonamides is 1. The average Bonchev–Trinajstić information content (AvgIpc) is 3.09. The molecule has 2 N–H and O–H groups in total. The molecule has 8 heteroatoms. The average molecular weight is 349 g/mol. The maximum absolute atomic E-state index is 11.9. The Kier molecular flexibility index (Phi) is 5.27. The Labute approximate surface area is 142 Å². The minimum absolute atomic E-state index is 0.175. The maximum Gasteiger partial charge on any atom is 0.213 e. The van der Waals surface area contributed by atoms with Crippen molar-refractivity contribution in [1.82, 2.24) is 24.8 Å². The quantitative estimate of drug-likeness (QED) is 0.822. The van der Waals surface area contributed by atoms with Crippen molar-refractivity contribution in [1.29, 1.82) is 0 Å². The number of hydrogen-bond donors (Lipinski definition) is 2. The summed E-state index contributed by atoms with van der Waals surface area (Å²) in [6.45, 7) is 3.58. The van der Waals surface area contributed by atoms with Crippen LogP contribution in [0.25, 0.3) is 11.3 Å². The van der Waals surface area contributed by atoms with Crippen LogP contribution in [0.5, 0.6) is 0 Å². The Morgan fingerprint density at radius 3 is 2.79 bits per heavy atom. The maximum atomic E-state index is 11.9. The number of H-pyrrole nitrogens is 1. The lowest BCUT2D eigenvalue weighted by Crippen LogP contribution is -2.45. The molecule has 24 heavy (non-hydrogen) atoms. The highest BCUT2D eigenvalue weighted by Gasteiger charge is 2.26. The number of nitrogens with zero attached hydrogens (tertiary/aromatic N) is 3. The fourth-order valence-electron chi connectivity index (χ4n) is 2.98. The minimum atomic E-state index is -3.06. The summed E-state index contributed by atoms with van der Waals surface area (Å²) >= 11 is 0. The van der Waals surface area contributed by atoms with Gasteiger partial charge in [0.1, 0.15) is 0 Å². The first-order valence-electron chi connectivity index (χ1n) is 8.24. The van der Waals surface area contributed by atoms with Gasteiger partial charge in [-0.15, -0.1) is 0 Å². The van der Waals surface area contributed by atoms with Crippen molar-refractivity contribution in [3.05, 3.63) is 36.3 Å². The Hall–Kier alpha value is -1.77. The summed E-state index contributed by atoms with van der Waals surface area (Å²) in [5.74, 6) is 0.175. The number of rotatable bonds is 6. The van der Waals surface area contributed by atoms with Gasteiger partial charge >= 0.3 is 0 Å². The highest BCUT2D eigenvalue weighted by atomic mass is 32.2. The van der Waals surface area contributed by atoms with E-state index in [4.69, 9.17) is 0 Å². The van der Waals surface area contributed by atoms with Crippen LogP contribution in [0.2, 0.25) is 0 Å². The molecule has 1 fully saturated rings. The molecule has 1 aliphatic heterocycles. The standard InChI is InChI=1S/C16H23N5O2S/c1-2-24(22,23)21-8-5-15(6-9-21)18-11-14-12-19-20-16(14)13-4-3-7-17-10-13/h3-4,7,10,12,15,18H,2,5-6,8-9,11H2,1H3,(H,19,20). The molecule has 0 bridgehead atoms. The molecule has 0 unspecified atom stereocenters. The lowest BCUT2D eigenvalue weighted by Gasteiger charge is -2.31. The second-order valence-corrected chi connectivity index (χ2v) is 8.22. The number of piperidine rings is 1. The molecule has 0 spiro atoms. The summed E-state index contributed by atoms with van der Waals surface area (Å²) in [5.41, 5.74) is 3.07. The number of nitrogens with one attached hydrogen (secondary N) is 2. The van der Waals surface area contributed by atoms with Crippen LogP contribution >= 0.6 is 0 Å². The highest BCUT2D eigenvalue weighted by Crippen LogP contribution is 2.20. The van der Waals surface area contributed by atoms with E-state index in [0.29, 0.717) is 25.7 Å². The lowest BCUT2D eigenvalue weighted by molar-refractivity contribution is 0.289. The van der Waals surface area contributed by atoms with E-state index >= 15 is 0 Å². The summed E-state index contributed by atoms with van der Waals surface area (Å²) < 4.78 is 25.4. The van der Waals surface area contributed by atoms with Gasteiger partial charge in [0.05, 0.1) is 17.6 Å². The smallest absolute Gasteiger partial charge is 0.213 e. The summed E-state index contributed by atoms with van der Waals surface area (Å²) in [5, 5.41) is 10.7. The van der Waals surface area contributed by atoms with E-state index in [-0.39, 0.29) is 5.75 Å². The van der Waals surface area contributed by atoms with Gasteiger partial charge in [0.15, 0.2) is 0 Å². The van der Waals surface area contributed by atoms with E-state index in [0.717, 1.165) is 29.7 Å². The fraction of sp³-hybridized carbons (Fsp3) is 0.500. The third-order valence-corrected chi connectivity index (χ3v) is 6.34. The second-order valence-electron chi connectivity index (χ2n) is 5.97. The SMILES string of the molecule is CCS(=O)(=O)N1CCC(NCc2cn[nH]c2-c2cccnc2)CC1.